The number of hydrogen-bond donors (Lipinski definition) is 3. The minimum absolute atomic E-state index is 0.0694. The van der Waals surface area contributed by atoms with Crippen molar-refractivity contribution in [2.24, 2.45) is 5.92 Å². The van der Waals surface area contributed by atoms with Crippen molar-refractivity contribution < 1.29 is 9.59 Å². The molecule has 0 bridgehead atoms. The molecule has 2 aliphatic rings. The molecule has 3 aromatic heterocycles. The van der Waals surface area contributed by atoms with E-state index in [1.54, 1.807) is 6.20 Å². The van der Waals surface area contributed by atoms with Crippen LogP contribution in [0, 0.1) is 5.92 Å². The van der Waals surface area contributed by atoms with Crippen molar-refractivity contribution in [1.29, 1.82) is 0 Å². The number of amides is 2. The number of nitrogens with zero attached hydrogens (tertiary/aromatic N) is 4. The van der Waals surface area contributed by atoms with Gasteiger partial charge in [0, 0.05) is 37.0 Å². The van der Waals surface area contributed by atoms with Gasteiger partial charge in [0.25, 0.3) is 0 Å². The molecule has 1 unspecified atom stereocenters. The summed E-state index contributed by atoms with van der Waals surface area (Å²) in [7, 11) is 0. The average molecular weight is 409 g/mol. The van der Waals surface area contributed by atoms with Crippen LogP contribution in [0.15, 0.2) is 18.5 Å². The van der Waals surface area contributed by atoms with Crippen LogP contribution in [0.5, 0.6) is 0 Å². The van der Waals surface area contributed by atoms with Gasteiger partial charge < -0.3 is 15.6 Å². The van der Waals surface area contributed by atoms with Crippen molar-refractivity contribution in [3.05, 3.63) is 24.3 Å². The molecule has 0 radical (unpaired) electrons. The molecule has 158 valence electrons. The molecule has 4 atom stereocenters. The molecule has 30 heavy (non-hydrogen) atoms. The molecule has 1 aliphatic heterocycles. The van der Waals surface area contributed by atoms with Crippen molar-refractivity contribution in [1.82, 2.24) is 35.2 Å². The molecule has 2 amide bonds. The summed E-state index contributed by atoms with van der Waals surface area (Å²) >= 11 is 0. The van der Waals surface area contributed by atoms with Gasteiger partial charge in [0.05, 0.1) is 11.7 Å². The summed E-state index contributed by atoms with van der Waals surface area (Å²) in [6, 6.07) is 2.28. The fraction of sp³-hybridized carbons (Fsp3) is 0.571. The van der Waals surface area contributed by atoms with Crippen LogP contribution in [-0.4, -0.2) is 48.5 Å². The molecule has 5 rings (SSSR count). The zero-order chi connectivity index (χ0) is 20.7. The van der Waals surface area contributed by atoms with Crippen LogP contribution >= 0.6 is 0 Å². The summed E-state index contributed by atoms with van der Waals surface area (Å²) in [6.45, 7) is 2.20. The van der Waals surface area contributed by atoms with Crippen LogP contribution in [0.25, 0.3) is 16.8 Å². The van der Waals surface area contributed by atoms with Gasteiger partial charge in [-0.3, -0.25) is 14.0 Å². The van der Waals surface area contributed by atoms with Gasteiger partial charge in [0.1, 0.15) is 5.82 Å². The summed E-state index contributed by atoms with van der Waals surface area (Å²) in [5.74, 6) is 1.80. The van der Waals surface area contributed by atoms with Crippen molar-refractivity contribution in [3.8, 4) is 0 Å². The van der Waals surface area contributed by atoms with E-state index in [0.29, 0.717) is 25.2 Å². The molecule has 3 N–H and O–H groups in total. The molecule has 1 saturated heterocycles. The third kappa shape index (κ3) is 3.42. The largest absolute Gasteiger partial charge is 0.353 e. The molecular formula is C21H27N7O2. The monoisotopic (exact) mass is 409 g/mol. The molecule has 9 heteroatoms. The minimum Gasteiger partial charge on any atom is -0.353 e. The first-order chi connectivity index (χ1) is 14.6. The standard InChI is InChI=1S/C21H27N7O2/c1-2-12-9-14(25-19(30)6-4-13-3-5-18(29)24-13)10-15(12)21-27-26-17-11-23-20-16(28(17)21)7-8-22-20/h7-8,11-15,22H,2-6,9-10H2,1H3,(H,24,29)(H,25,30)/t12-,13?,14+,15+/m1/s1. The molecule has 3 aromatic rings. The lowest BCUT2D eigenvalue weighted by Gasteiger charge is -2.16. The van der Waals surface area contributed by atoms with Gasteiger partial charge in [0.15, 0.2) is 11.3 Å². The first-order valence-corrected chi connectivity index (χ1v) is 10.9. The Morgan fingerprint density at radius 3 is 3.03 bits per heavy atom. The zero-order valence-electron chi connectivity index (χ0n) is 17.1. The highest BCUT2D eigenvalue weighted by Crippen LogP contribution is 2.41. The normalized spacial score (nSPS) is 26.5. The first-order valence-electron chi connectivity index (χ1n) is 10.9. The second-order valence-corrected chi connectivity index (χ2v) is 8.57. The molecule has 0 aromatic carbocycles. The van der Waals surface area contributed by atoms with Crippen LogP contribution in [0.1, 0.15) is 63.6 Å². The van der Waals surface area contributed by atoms with Gasteiger partial charge in [-0.25, -0.2) is 4.98 Å². The number of carbonyl (C=O) groups excluding carboxylic acids is 2. The van der Waals surface area contributed by atoms with Gasteiger partial charge in [-0.1, -0.05) is 13.3 Å². The zero-order valence-corrected chi connectivity index (χ0v) is 17.1. The Kier molecular flexibility index (Phi) is 4.88. The molecule has 4 heterocycles. The molecule has 2 fully saturated rings. The topological polar surface area (TPSA) is 117 Å². The minimum atomic E-state index is 0.0694. The van der Waals surface area contributed by atoms with Crippen LogP contribution in [0.2, 0.25) is 0 Å². The number of hydrogen-bond acceptors (Lipinski definition) is 5. The van der Waals surface area contributed by atoms with Crippen molar-refractivity contribution >= 4 is 28.6 Å². The maximum Gasteiger partial charge on any atom is 0.220 e. The Morgan fingerprint density at radius 2 is 2.23 bits per heavy atom. The lowest BCUT2D eigenvalue weighted by molar-refractivity contribution is -0.122. The van der Waals surface area contributed by atoms with E-state index in [0.717, 1.165) is 48.3 Å². The average Bonchev–Trinajstić information content (AvgIpc) is 3.50. The highest BCUT2D eigenvalue weighted by molar-refractivity contribution is 5.79. The van der Waals surface area contributed by atoms with Gasteiger partial charge in [-0.15, -0.1) is 10.2 Å². The molecule has 1 aliphatic carbocycles. The summed E-state index contributed by atoms with van der Waals surface area (Å²) < 4.78 is 2.10. The lowest BCUT2D eigenvalue weighted by atomic mass is 9.93. The summed E-state index contributed by atoms with van der Waals surface area (Å²) in [5, 5.41) is 15.0. The van der Waals surface area contributed by atoms with E-state index < -0.39 is 0 Å². The summed E-state index contributed by atoms with van der Waals surface area (Å²) in [5.41, 5.74) is 2.55. The van der Waals surface area contributed by atoms with Crippen molar-refractivity contribution in [2.45, 2.75) is 69.9 Å². The Labute approximate surface area is 174 Å². The third-order valence-corrected chi connectivity index (χ3v) is 6.69. The highest BCUT2D eigenvalue weighted by atomic mass is 16.2. The van der Waals surface area contributed by atoms with E-state index in [-0.39, 0.29) is 29.8 Å². The van der Waals surface area contributed by atoms with Gasteiger partial charge in [-0.05, 0) is 37.7 Å². The highest BCUT2D eigenvalue weighted by Gasteiger charge is 2.38. The van der Waals surface area contributed by atoms with Gasteiger partial charge in [-0.2, -0.15) is 0 Å². The van der Waals surface area contributed by atoms with E-state index in [2.05, 4.69) is 42.1 Å². The van der Waals surface area contributed by atoms with Gasteiger partial charge >= 0.3 is 0 Å². The maximum atomic E-state index is 12.5. The Morgan fingerprint density at radius 1 is 1.33 bits per heavy atom. The Balaban J connectivity index is 1.29. The second kappa shape index (κ2) is 7.70. The molecular weight excluding hydrogens is 382 g/mol. The van der Waals surface area contributed by atoms with E-state index in [4.69, 9.17) is 0 Å². The van der Waals surface area contributed by atoms with Crippen molar-refractivity contribution in [3.63, 3.8) is 0 Å². The van der Waals surface area contributed by atoms with Crippen LogP contribution in [0.3, 0.4) is 0 Å². The number of aromatic amines is 1. The van der Waals surface area contributed by atoms with Crippen LogP contribution in [0.4, 0.5) is 0 Å². The third-order valence-electron chi connectivity index (χ3n) is 6.69. The number of fused-ring (bicyclic) bond motifs is 3. The van der Waals surface area contributed by atoms with Crippen LogP contribution < -0.4 is 10.6 Å². The fourth-order valence-electron chi connectivity index (χ4n) is 5.15. The van der Waals surface area contributed by atoms with Gasteiger partial charge in [0.2, 0.25) is 11.8 Å². The smallest absolute Gasteiger partial charge is 0.220 e. The predicted octanol–water partition coefficient (Wildman–Crippen LogP) is 2.05. The van der Waals surface area contributed by atoms with Crippen molar-refractivity contribution in [2.75, 3.05) is 0 Å². The van der Waals surface area contributed by atoms with Crippen LogP contribution in [-0.2, 0) is 9.59 Å². The predicted molar refractivity (Wildman–Crippen MR) is 111 cm³/mol. The number of H-pyrrole nitrogens is 1. The number of rotatable bonds is 6. The molecule has 9 nitrogen and oxygen atoms in total. The molecule has 1 saturated carbocycles. The van der Waals surface area contributed by atoms with E-state index in [1.807, 2.05) is 12.3 Å². The quantitative estimate of drug-likeness (QED) is 0.576. The fourth-order valence-corrected chi connectivity index (χ4v) is 5.15. The van der Waals surface area contributed by atoms with E-state index >= 15 is 0 Å². The second-order valence-electron chi connectivity index (χ2n) is 8.57. The Hall–Kier alpha value is -2.97. The molecule has 0 spiro atoms. The maximum absolute atomic E-state index is 12.5. The van der Waals surface area contributed by atoms with E-state index in [1.165, 1.54) is 0 Å². The number of nitrogens with one attached hydrogen (secondary N) is 3. The summed E-state index contributed by atoms with van der Waals surface area (Å²) in [6.07, 6.45) is 9.02. The SMILES string of the molecule is CC[C@@H]1C[C@H](NC(=O)CCC2CCC(=O)N2)C[C@@H]1c1nnc2cnc3[nH]ccc3n12. The number of carbonyl (C=O) groups is 2. The summed E-state index contributed by atoms with van der Waals surface area (Å²) in [4.78, 5) is 31.4. The lowest BCUT2D eigenvalue weighted by Crippen LogP contribution is -2.34. The Bertz CT molecular complexity index is 1090. The van der Waals surface area contributed by atoms with E-state index in [9.17, 15) is 9.59 Å². The first kappa shape index (κ1) is 19.0. The number of aromatic nitrogens is 5.